The number of carbonyl (C=O) groups is 2. The van der Waals surface area contributed by atoms with E-state index in [2.05, 4.69) is 50.7 Å². The van der Waals surface area contributed by atoms with Crippen LogP contribution in [0.3, 0.4) is 0 Å². The molecule has 0 aromatic carbocycles. The van der Waals surface area contributed by atoms with Gasteiger partial charge >= 0.3 is 6.03 Å². The Morgan fingerprint density at radius 2 is 1.76 bits per heavy atom. The number of nitriles is 1. The Morgan fingerprint density at radius 1 is 1.02 bits per heavy atom. The fourth-order valence-corrected chi connectivity index (χ4v) is 7.86. The lowest BCUT2D eigenvalue weighted by Crippen LogP contribution is -2.58. The van der Waals surface area contributed by atoms with E-state index in [1.54, 1.807) is 33.9 Å². The molecule has 3 fully saturated rings. The van der Waals surface area contributed by atoms with Gasteiger partial charge < -0.3 is 25.3 Å². The van der Waals surface area contributed by atoms with Crippen molar-refractivity contribution in [2.75, 3.05) is 49.5 Å². The second kappa shape index (κ2) is 12.2. The lowest BCUT2D eigenvalue weighted by atomic mass is 9.92. The molecule has 1 saturated carbocycles. The summed E-state index contributed by atoms with van der Waals surface area (Å²) in [5.41, 5.74) is 4.73. The Kier molecular flexibility index (Phi) is 7.94. The number of amides is 3. The molecule has 1 aliphatic carbocycles. The monoisotopic (exact) mass is 639 g/mol. The predicted octanol–water partition coefficient (Wildman–Crippen LogP) is 3.70. The average Bonchev–Trinajstić information content (AvgIpc) is 3.76. The number of anilines is 2. The number of piperazine rings is 1. The second-order valence-electron chi connectivity index (χ2n) is 12.7. The number of nitrogens with one attached hydrogen (secondary N) is 2. The van der Waals surface area contributed by atoms with Crippen LogP contribution < -0.4 is 15.5 Å². The van der Waals surface area contributed by atoms with Crippen LogP contribution in [-0.4, -0.2) is 97.9 Å². The SMILES string of the molecule is CC(=O)N1CCN(C(=O)NC2[C@@H]3CC[C@H]2CN(c2nnc(-c4cnc(-c5ccc6cc(C#N)cnn56)cc4NC(C)C)s2)C3)CC1. The third-order valence-corrected chi connectivity index (χ3v) is 10.3. The molecule has 238 valence electrons. The minimum atomic E-state index is -0.0197. The molecule has 4 aromatic heterocycles. The molecule has 3 aliphatic rings. The van der Waals surface area contributed by atoms with Crippen LogP contribution in [0.4, 0.5) is 15.6 Å². The van der Waals surface area contributed by atoms with Gasteiger partial charge in [0.05, 0.1) is 34.2 Å². The number of nitrogens with zero attached hydrogens (tertiary/aromatic N) is 9. The Balaban J connectivity index is 1.06. The molecule has 2 bridgehead atoms. The maximum absolute atomic E-state index is 13.1. The van der Waals surface area contributed by atoms with Gasteiger partial charge in [0, 0.05) is 70.2 Å². The number of urea groups is 1. The number of aromatic nitrogens is 5. The maximum atomic E-state index is 13.1. The molecule has 14 heteroatoms. The molecule has 2 saturated heterocycles. The summed E-state index contributed by atoms with van der Waals surface area (Å²) in [5, 5.41) is 31.5. The second-order valence-corrected chi connectivity index (χ2v) is 13.6. The minimum Gasteiger partial charge on any atom is -0.382 e. The van der Waals surface area contributed by atoms with Gasteiger partial charge in [-0.15, -0.1) is 10.2 Å². The van der Waals surface area contributed by atoms with Crippen molar-refractivity contribution in [1.82, 2.24) is 39.9 Å². The Bertz CT molecular complexity index is 1810. The smallest absolute Gasteiger partial charge is 0.317 e. The van der Waals surface area contributed by atoms with E-state index in [4.69, 9.17) is 4.98 Å². The van der Waals surface area contributed by atoms with E-state index < -0.39 is 0 Å². The van der Waals surface area contributed by atoms with Crippen molar-refractivity contribution in [3.05, 3.63) is 42.2 Å². The van der Waals surface area contributed by atoms with E-state index in [1.165, 1.54) is 0 Å². The van der Waals surface area contributed by atoms with Gasteiger partial charge in [-0.05, 0) is 62.8 Å². The molecule has 1 unspecified atom stereocenters. The molecule has 13 nitrogen and oxygen atoms in total. The van der Waals surface area contributed by atoms with Gasteiger partial charge in [-0.2, -0.15) is 10.4 Å². The van der Waals surface area contributed by atoms with Gasteiger partial charge in [-0.1, -0.05) is 11.3 Å². The zero-order valence-electron chi connectivity index (χ0n) is 26.2. The fraction of sp³-hybridized carbons (Fsp3) is 0.469. The quantitative estimate of drug-likeness (QED) is 0.322. The van der Waals surface area contributed by atoms with Gasteiger partial charge in [0.25, 0.3) is 0 Å². The van der Waals surface area contributed by atoms with Gasteiger partial charge in [0.2, 0.25) is 11.0 Å². The number of fused-ring (bicyclic) bond motifs is 3. The van der Waals surface area contributed by atoms with E-state index in [0.717, 1.165) is 64.2 Å². The van der Waals surface area contributed by atoms with Crippen LogP contribution in [0.25, 0.3) is 27.5 Å². The summed E-state index contributed by atoms with van der Waals surface area (Å²) in [6.07, 6.45) is 5.55. The summed E-state index contributed by atoms with van der Waals surface area (Å²) in [6.45, 7) is 9.73. The van der Waals surface area contributed by atoms with Crippen molar-refractivity contribution in [2.45, 2.75) is 45.7 Å². The van der Waals surface area contributed by atoms with Crippen molar-refractivity contribution in [3.8, 4) is 28.0 Å². The number of pyridine rings is 1. The first-order valence-corrected chi connectivity index (χ1v) is 16.6. The summed E-state index contributed by atoms with van der Waals surface area (Å²) in [7, 11) is 0. The Morgan fingerprint density at radius 3 is 2.46 bits per heavy atom. The summed E-state index contributed by atoms with van der Waals surface area (Å²) in [6, 6.07) is 10.2. The first kappa shape index (κ1) is 29.9. The van der Waals surface area contributed by atoms with E-state index in [0.29, 0.717) is 43.6 Å². The molecule has 6 heterocycles. The van der Waals surface area contributed by atoms with Crippen molar-refractivity contribution in [1.29, 1.82) is 5.26 Å². The number of hydrogen-bond acceptors (Lipinski definition) is 10. The molecule has 3 amide bonds. The molecule has 7 rings (SSSR count). The first-order valence-electron chi connectivity index (χ1n) is 15.8. The number of carbonyl (C=O) groups excluding carboxylic acids is 2. The lowest BCUT2D eigenvalue weighted by Gasteiger charge is -2.40. The number of rotatable bonds is 6. The summed E-state index contributed by atoms with van der Waals surface area (Å²) < 4.78 is 1.79. The topological polar surface area (TPSA) is 148 Å². The highest BCUT2D eigenvalue weighted by Crippen LogP contribution is 2.41. The molecule has 2 aliphatic heterocycles. The fourth-order valence-electron chi connectivity index (χ4n) is 6.98. The molecule has 2 N–H and O–H groups in total. The standard InChI is InChI=1S/C32H37N11O2S/c1-19(2)36-26-13-27(28-7-6-24-12-21(14-33)15-35-43(24)28)34-16-25(26)30-38-39-32(46-30)42-17-22-4-5-23(18-42)29(22)37-31(45)41-10-8-40(9-11-41)20(3)44/h6-7,12-13,15-16,19,22-23,29H,4-5,8-11,17-18H2,1-3H3,(H,34,36)(H,37,45)/t22-,23+,29?. The van der Waals surface area contributed by atoms with Crippen molar-refractivity contribution in [2.24, 2.45) is 11.8 Å². The molecule has 4 aromatic rings. The zero-order chi connectivity index (χ0) is 31.9. The molecule has 3 atom stereocenters. The van der Waals surface area contributed by atoms with Crippen molar-refractivity contribution in [3.63, 3.8) is 0 Å². The Labute approximate surface area is 271 Å². The highest BCUT2D eigenvalue weighted by molar-refractivity contribution is 7.18. The number of hydrogen-bond donors (Lipinski definition) is 2. The van der Waals surface area contributed by atoms with Gasteiger partial charge in [-0.3, -0.25) is 9.78 Å². The van der Waals surface area contributed by atoms with Crippen LogP contribution in [0.1, 0.15) is 39.2 Å². The van der Waals surface area contributed by atoms with E-state index in [-0.39, 0.29) is 24.0 Å². The van der Waals surface area contributed by atoms with Crippen LogP contribution in [0.15, 0.2) is 36.7 Å². The third-order valence-electron chi connectivity index (χ3n) is 9.29. The van der Waals surface area contributed by atoms with Crippen molar-refractivity contribution < 1.29 is 9.59 Å². The van der Waals surface area contributed by atoms with Gasteiger partial charge in [-0.25, -0.2) is 9.31 Å². The summed E-state index contributed by atoms with van der Waals surface area (Å²) in [4.78, 5) is 35.5. The normalized spacial score (nSPS) is 21.1. The van der Waals surface area contributed by atoms with Crippen LogP contribution in [-0.2, 0) is 4.79 Å². The minimum absolute atomic E-state index is 0.0197. The van der Waals surface area contributed by atoms with Crippen molar-refractivity contribution >= 4 is 39.6 Å². The lowest BCUT2D eigenvalue weighted by molar-refractivity contribution is -0.130. The van der Waals surface area contributed by atoms with E-state index in [1.807, 2.05) is 35.4 Å². The molecular formula is C32H37N11O2S. The zero-order valence-corrected chi connectivity index (χ0v) is 27.0. The van der Waals surface area contributed by atoms with E-state index in [9.17, 15) is 14.9 Å². The molecule has 46 heavy (non-hydrogen) atoms. The van der Waals surface area contributed by atoms with Crippen LogP contribution in [0.2, 0.25) is 0 Å². The highest BCUT2D eigenvalue weighted by Gasteiger charge is 2.44. The van der Waals surface area contributed by atoms with Crippen LogP contribution in [0, 0.1) is 23.2 Å². The summed E-state index contributed by atoms with van der Waals surface area (Å²) in [5.74, 6) is 0.760. The third kappa shape index (κ3) is 5.71. The number of piperidine rings is 1. The molecule has 0 radical (unpaired) electrons. The van der Waals surface area contributed by atoms with Gasteiger partial charge in [0.1, 0.15) is 6.07 Å². The van der Waals surface area contributed by atoms with Gasteiger partial charge in [0.15, 0.2) is 5.01 Å². The molecule has 0 spiro atoms. The van der Waals surface area contributed by atoms with Crippen LogP contribution >= 0.6 is 11.3 Å². The predicted molar refractivity (Wildman–Crippen MR) is 175 cm³/mol. The van der Waals surface area contributed by atoms with Crippen LogP contribution in [0.5, 0.6) is 0 Å². The highest BCUT2D eigenvalue weighted by atomic mass is 32.1. The molecular weight excluding hydrogens is 602 g/mol. The average molecular weight is 640 g/mol. The first-order chi connectivity index (χ1) is 22.3. The van der Waals surface area contributed by atoms with E-state index >= 15 is 0 Å². The maximum Gasteiger partial charge on any atom is 0.317 e. The largest absolute Gasteiger partial charge is 0.382 e. The Hall–Kier alpha value is -4.77. The summed E-state index contributed by atoms with van der Waals surface area (Å²) >= 11 is 1.56.